The van der Waals surface area contributed by atoms with Crippen molar-refractivity contribution >= 4 is 47.0 Å². The SMILES string of the molecule is O=C([O-])CNc1nc(Cl)nc(OCCOCCOCCOc2nc(Cl)nc(NCC(=O)[O-])n2)n1.[Na+].[Na+]. The Balaban J connectivity index is 0.00000612. The number of carbonyl (C=O) groups is 2. The number of hydrogen-bond donors (Lipinski definition) is 2. The smallest absolute Gasteiger partial charge is 0.548 e. The first-order valence-electron chi connectivity index (χ1n) is 9.43. The Morgan fingerprint density at radius 2 is 1.00 bits per heavy atom. The number of carbonyl (C=O) groups excluding carboxylic acids is 2. The molecule has 2 aromatic heterocycles. The number of carboxylic acids is 2. The molecule has 0 bridgehead atoms. The van der Waals surface area contributed by atoms with Crippen molar-refractivity contribution in [1.29, 1.82) is 0 Å². The molecular weight excluding hydrogens is 549 g/mol. The fraction of sp³-hybridized carbons (Fsp3) is 0.500. The Morgan fingerprint density at radius 3 is 1.36 bits per heavy atom. The van der Waals surface area contributed by atoms with E-state index in [9.17, 15) is 19.8 Å². The van der Waals surface area contributed by atoms with Gasteiger partial charge in [0.2, 0.25) is 22.5 Å². The van der Waals surface area contributed by atoms with E-state index in [-0.39, 0.29) is 133 Å². The molecular formula is C16H18Cl2N8Na2O8. The van der Waals surface area contributed by atoms with Crippen molar-refractivity contribution in [2.45, 2.75) is 0 Å². The molecule has 2 N–H and O–H groups in total. The van der Waals surface area contributed by atoms with Gasteiger partial charge in [-0.2, -0.15) is 29.9 Å². The van der Waals surface area contributed by atoms with E-state index in [0.717, 1.165) is 0 Å². The second-order valence-corrected chi connectivity index (χ2v) is 6.47. The van der Waals surface area contributed by atoms with Crippen LogP contribution in [0.3, 0.4) is 0 Å². The molecule has 0 radical (unpaired) electrons. The Hall–Kier alpha value is -1.34. The van der Waals surface area contributed by atoms with Crippen molar-refractivity contribution < 1.29 is 97.9 Å². The fourth-order valence-corrected chi connectivity index (χ4v) is 2.26. The van der Waals surface area contributed by atoms with E-state index in [1.807, 2.05) is 0 Å². The minimum absolute atomic E-state index is 0. The van der Waals surface area contributed by atoms with E-state index in [1.165, 1.54) is 0 Å². The molecule has 0 saturated heterocycles. The molecule has 186 valence electrons. The van der Waals surface area contributed by atoms with Crippen LogP contribution in [-0.4, -0.2) is 94.6 Å². The minimum Gasteiger partial charge on any atom is -0.548 e. The van der Waals surface area contributed by atoms with Crippen molar-refractivity contribution in [2.75, 3.05) is 63.4 Å². The van der Waals surface area contributed by atoms with Crippen LogP contribution in [0.4, 0.5) is 11.9 Å². The van der Waals surface area contributed by atoms with Gasteiger partial charge in [0.05, 0.1) is 51.5 Å². The Bertz CT molecular complexity index is 893. The normalized spacial score (nSPS) is 9.94. The molecule has 2 rings (SSSR count). The molecule has 20 heteroatoms. The van der Waals surface area contributed by atoms with Crippen molar-refractivity contribution in [2.24, 2.45) is 0 Å². The zero-order chi connectivity index (χ0) is 24.8. The van der Waals surface area contributed by atoms with Crippen molar-refractivity contribution in [3.05, 3.63) is 10.6 Å². The second kappa shape index (κ2) is 19.7. The maximum Gasteiger partial charge on any atom is 1.00 e. The van der Waals surface area contributed by atoms with Crippen LogP contribution in [0.5, 0.6) is 12.0 Å². The van der Waals surface area contributed by atoms with Crippen molar-refractivity contribution in [3.8, 4) is 12.0 Å². The fourth-order valence-electron chi connectivity index (χ4n) is 1.96. The molecule has 0 spiro atoms. The van der Waals surface area contributed by atoms with Crippen molar-refractivity contribution in [1.82, 2.24) is 29.9 Å². The number of nitrogens with zero attached hydrogens (tertiary/aromatic N) is 6. The van der Waals surface area contributed by atoms with Gasteiger partial charge in [0, 0.05) is 0 Å². The van der Waals surface area contributed by atoms with Crippen LogP contribution in [0, 0.1) is 0 Å². The van der Waals surface area contributed by atoms with E-state index in [1.54, 1.807) is 0 Å². The number of halogens is 2. The Labute approximate surface area is 258 Å². The summed E-state index contributed by atoms with van der Waals surface area (Å²) in [5, 5.41) is 25.3. The molecule has 36 heavy (non-hydrogen) atoms. The first-order chi connectivity index (χ1) is 16.3. The van der Waals surface area contributed by atoms with Crippen molar-refractivity contribution in [3.63, 3.8) is 0 Å². The summed E-state index contributed by atoms with van der Waals surface area (Å²) in [7, 11) is 0. The maximum atomic E-state index is 10.5. The van der Waals surface area contributed by atoms with Crippen LogP contribution in [0.1, 0.15) is 0 Å². The quantitative estimate of drug-likeness (QED) is 0.134. The number of rotatable bonds is 17. The van der Waals surface area contributed by atoms with Gasteiger partial charge in [-0.05, 0) is 23.2 Å². The average molecular weight is 567 g/mol. The average Bonchev–Trinajstić information content (AvgIpc) is 2.77. The third-order valence-corrected chi connectivity index (χ3v) is 3.58. The first-order valence-corrected chi connectivity index (χ1v) is 10.2. The van der Waals surface area contributed by atoms with Gasteiger partial charge >= 0.3 is 71.1 Å². The largest absolute Gasteiger partial charge is 1.00 e. The van der Waals surface area contributed by atoms with Gasteiger partial charge < -0.3 is 49.4 Å². The standard InChI is InChI=1S/C16H20Cl2N8O8.2Na/c17-11-21-13(19-7-9(27)28)25-15(23-11)33-5-3-31-1-2-32-4-6-34-16-24-12(18)22-14(26-16)20-8-10(29)30;;/h1-8H2,(H,27,28)(H,29,30)(H,19,21,23,25)(H,20,22,24,26);;/q;2*+1/p-2. The van der Waals surface area contributed by atoms with Gasteiger partial charge in [0.15, 0.2) is 0 Å². The molecule has 16 nitrogen and oxygen atoms in total. The monoisotopic (exact) mass is 566 g/mol. The van der Waals surface area contributed by atoms with E-state index >= 15 is 0 Å². The van der Waals surface area contributed by atoms with Gasteiger partial charge in [-0.25, -0.2) is 0 Å². The van der Waals surface area contributed by atoms with Crippen LogP contribution in [0.2, 0.25) is 10.6 Å². The molecule has 0 amide bonds. The summed E-state index contributed by atoms with van der Waals surface area (Å²) in [6.45, 7) is 0.0885. The number of carboxylic acid groups (broad SMARTS) is 2. The molecule has 0 aliphatic carbocycles. The summed E-state index contributed by atoms with van der Waals surface area (Å²) in [6.07, 6.45) is 0. The summed E-state index contributed by atoms with van der Waals surface area (Å²) < 4.78 is 21.2. The van der Waals surface area contributed by atoms with E-state index < -0.39 is 25.0 Å². The van der Waals surface area contributed by atoms with Crippen LogP contribution in [-0.2, 0) is 19.1 Å². The summed E-state index contributed by atoms with van der Waals surface area (Å²) in [5.41, 5.74) is 0. The third-order valence-electron chi connectivity index (χ3n) is 3.25. The number of aliphatic carboxylic acids is 2. The zero-order valence-corrected chi connectivity index (χ0v) is 24.9. The molecule has 0 saturated carbocycles. The molecule has 0 aromatic carbocycles. The summed E-state index contributed by atoms with van der Waals surface area (Å²) >= 11 is 11.4. The Morgan fingerprint density at radius 1 is 0.639 bits per heavy atom. The van der Waals surface area contributed by atoms with Crippen LogP contribution >= 0.6 is 23.2 Å². The number of ether oxygens (including phenoxy) is 4. The summed E-state index contributed by atoms with van der Waals surface area (Å²) in [4.78, 5) is 43.5. The molecule has 2 aromatic rings. The predicted molar refractivity (Wildman–Crippen MR) is 109 cm³/mol. The number of hydrogen-bond acceptors (Lipinski definition) is 16. The minimum atomic E-state index is -1.34. The van der Waals surface area contributed by atoms with Crippen LogP contribution in [0.25, 0.3) is 0 Å². The summed E-state index contributed by atoms with van der Waals surface area (Å²) in [5.74, 6) is -2.82. The molecule has 0 aliphatic rings. The molecule has 0 aliphatic heterocycles. The van der Waals surface area contributed by atoms with Gasteiger partial charge in [-0.3, -0.25) is 0 Å². The molecule has 0 unspecified atom stereocenters. The molecule has 2 heterocycles. The Kier molecular flexibility index (Phi) is 19.0. The third kappa shape index (κ3) is 15.7. The summed E-state index contributed by atoms with van der Waals surface area (Å²) in [6, 6.07) is -0.205. The van der Waals surface area contributed by atoms with Gasteiger partial charge in [0.1, 0.15) is 13.2 Å². The zero-order valence-electron chi connectivity index (χ0n) is 19.4. The van der Waals surface area contributed by atoms with Gasteiger partial charge in [-0.1, -0.05) is 0 Å². The number of anilines is 2. The maximum absolute atomic E-state index is 10.5. The van der Waals surface area contributed by atoms with Crippen LogP contribution < -0.4 is 89.4 Å². The predicted octanol–water partition coefficient (Wildman–Crippen LogP) is -8.81. The van der Waals surface area contributed by atoms with Gasteiger partial charge in [0.25, 0.3) is 0 Å². The first kappa shape index (κ1) is 34.7. The number of nitrogens with one attached hydrogen (secondary N) is 2. The van der Waals surface area contributed by atoms with E-state index in [2.05, 4.69) is 40.5 Å². The molecule has 0 fully saturated rings. The van der Waals surface area contributed by atoms with Crippen LogP contribution in [0.15, 0.2) is 0 Å². The second-order valence-electron chi connectivity index (χ2n) is 5.79. The topological polar surface area (TPSA) is 219 Å². The molecule has 0 atom stereocenters. The van der Waals surface area contributed by atoms with E-state index in [0.29, 0.717) is 0 Å². The van der Waals surface area contributed by atoms with E-state index in [4.69, 9.17) is 42.1 Å². The number of aromatic nitrogens is 6. The van der Waals surface area contributed by atoms with Gasteiger partial charge in [-0.15, -0.1) is 0 Å².